The minimum absolute atomic E-state index is 0.0101. The third kappa shape index (κ3) is 4.80. The summed E-state index contributed by atoms with van der Waals surface area (Å²) in [6, 6.07) is 17.9. The molecule has 0 aliphatic heterocycles. The van der Waals surface area contributed by atoms with Crippen LogP contribution in [0, 0.1) is 0 Å². The number of benzene rings is 2. The summed E-state index contributed by atoms with van der Waals surface area (Å²) in [5, 5.41) is 4.24. The quantitative estimate of drug-likeness (QED) is 0.368. The predicted octanol–water partition coefficient (Wildman–Crippen LogP) is 5.05. The number of aryl methyl sites for hydroxylation is 1. The number of hydrogen-bond donors (Lipinski definition) is 2. The smallest absolute Gasteiger partial charge is 0.220 e. The Morgan fingerprint density at radius 2 is 2.00 bits per heavy atom. The number of aromatic nitrogens is 1. The van der Waals surface area contributed by atoms with Crippen molar-refractivity contribution in [2.75, 3.05) is 20.3 Å². The van der Waals surface area contributed by atoms with Crippen LogP contribution in [0.4, 0.5) is 0 Å². The summed E-state index contributed by atoms with van der Waals surface area (Å²) in [5.74, 6) is 2.13. The molecule has 166 valence electrons. The van der Waals surface area contributed by atoms with E-state index in [1.54, 1.807) is 13.4 Å². The van der Waals surface area contributed by atoms with Crippen molar-refractivity contribution in [1.29, 1.82) is 0 Å². The molecular formula is C26H28N2O4. The molecule has 0 radical (unpaired) electrons. The third-order valence-electron chi connectivity index (χ3n) is 5.57. The molecule has 1 atom stereocenters. The fourth-order valence-electron chi connectivity index (χ4n) is 3.96. The molecule has 4 aromatic rings. The lowest BCUT2D eigenvalue weighted by atomic mass is 9.90. The molecule has 2 heterocycles. The van der Waals surface area contributed by atoms with Gasteiger partial charge in [0, 0.05) is 42.4 Å². The highest BCUT2D eigenvalue weighted by atomic mass is 16.5. The molecule has 4 rings (SSSR count). The number of methoxy groups -OCH3 is 1. The third-order valence-corrected chi connectivity index (χ3v) is 5.57. The lowest BCUT2D eigenvalue weighted by molar-refractivity contribution is -0.121. The van der Waals surface area contributed by atoms with Gasteiger partial charge in [-0.1, -0.05) is 24.3 Å². The zero-order valence-electron chi connectivity index (χ0n) is 18.4. The van der Waals surface area contributed by atoms with Crippen molar-refractivity contribution >= 4 is 16.8 Å². The Kier molecular flexibility index (Phi) is 6.80. The highest BCUT2D eigenvalue weighted by Gasteiger charge is 2.21. The van der Waals surface area contributed by atoms with Gasteiger partial charge in [0.05, 0.1) is 20.0 Å². The predicted molar refractivity (Wildman–Crippen MR) is 124 cm³/mol. The minimum atomic E-state index is -0.0525. The molecule has 0 bridgehead atoms. The topological polar surface area (TPSA) is 76.5 Å². The molecule has 0 spiro atoms. The van der Waals surface area contributed by atoms with E-state index in [2.05, 4.69) is 22.4 Å². The van der Waals surface area contributed by atoms with Crippen LogP contribution >= 0.6 is 0 Å². The molecule has 2 aromatic heterocycles. The maximum absolute atomic E-state index is 12.6. The van der Waals surface area contributed by atoms with Gasteiger partial charge in [0.15, 0.2) is 11.5 Å². The maximum atomic E-state index is 12.6. The molecular weight excluding hydrogens is 404 g/mol. The molecule has 1 amide bonds. The van der Waals surface area contributed by atoms with Crippen molar-refractivity contribution in [2.45, 2.75) is 25.7 Å². The number of rotatable bonds is 10. The summed E-state index contributed by atoms with van der Waals surface area (Å²) in [5.41, 5.74) is 3.23. The average Bonchev–Trinajstić information content (AvgIpc) is 3.49. The van der Waals surface area contributed by atoms with Crippen molar-refractivity contribution < 1.29 is 18.7 Å². The molecule has 0 saturated carbocycles. The molecule has 6 heteroatoms. The zero-order valence-corrected chi connectivity index (χ0v) is 18.4. The normalized spacial score (nSPS) is 11.9. The van der Waals surface area contributed by atoms with E-state index in [1.807, 2.05) is 55.6 Å². The molecule has 0 aliphatic rings. The number of nitrogens with one attached hydrogen (secondary N) is 2. The van der Waals surface area contributed by atoms with Gasteiger partial charge in [0.25, 0.3) is 0 Å². The Hall–Kier alpha value is -3.67. The summed E-state index contributed by atoms with van der Waals surface area (Å²) >= 11 is 0. The van der Waals surface area contributed by atoms with Gasteiger partial charge in [0.2, 0.25) is 5.91 Å². The lowest BCUT2D eigenvalue weighted by Gasteiger charge is -2.20. The first kappa shape index (κ1) is 21.6. The van der Waals surface area contributed by atoms with Gasteiger partial charge in [-0.2, -0.15) is 0 Å². The van der Waals surface area contributed by atoms with Crippen LogP contribution < -0.4 is 14.8 Å². The molecule has 32 heavy (non-hydrogen) atoms. The number of fused-ring (bicyclic) bond motifs is 1. The summed E-state index contributed by atoms with van der Waals surface area (Å²) in [6.07, 6.45) is 4.60. The SMILES string of the molecule is CCOc1ccc(C(CNC(=O)CCc2ccco2)c2c[nH]c3ccccc23)cc1OC. The standard InChI is InChI=1S/C26H28N2O4/c1-3-31-24-12-10-18(15-25(24)30-2)21(22-17-27-23-9-5-4-8-20(22)23)16-28-26(29)13-11-19-7-6-14-32-19/h4-10,12,14-15,17,21,27H,3,11,13,16H2,1-2H3,(H,28,29). The summed E-state index contributed by atoms with van der Waals surface area (Å²) in [7, 11) is 1.64. The largest absolute Gasteiger partial charge is 0.493 e. The number of H-pyrrole nitrogens is 1. The van der Waals surface area contributed by atoms with Crippen LogP contribution in [0.15, 0.2) is 71.5 Å². The maximum Gasteiger partial charge on any atom is 0.220 e. The van der Waals surface area contributed by atoms with Gasteiger partial charge in [-0.15, -0.1) is 0 Å². The first-order chi connectivity index (χ1) is 15.7. The van der Waals surface area contributed by atoms with Crippen LogP contribution in [0.25, 0.3) is 10.9 Å². The van der Waals surface area contributed by atoms with E-state index in [1.165, 1.54) is 0 Å². The Balaban J connectivity index is 1.59. The lowest BCUT2D eigenvalue weighted by Crippen LogP contribution is -2.29. The van der Waals surface area contributed by atoms with Crippen LogP contribution in [0.1, 0.15) is 36.1 Å². The Labute approximate surface area is 187 Å². The zero-order chi connectivity index (χ0) is 22.3. The molecule has 0 saturated heterocycles. The fourth-order valence-corrected chi connectivity index (χ4v) is 3.96. The second kappa shape index (κ2) is 10.1. The van der Waals surface area contributed by atoms with E-state index in [9.17, 15) is 4.79 Å². The van der Waals surface area contributed by atoms with E-state index in [0.717, 1.165) is 27.8 Å². The van der Waals surface area contributed by atoms with Gasteiger partial charge in [0.1, 0.15) is 5.76 Å². The van der Waals surface area contributed by atoms with Gasteiger partial charge in [-0.3, -0.25) is 4.79 Å². The van der Waals surface area contributed by atoms with Crippen LogP contribution in [0.5, 0.6) is 11.5 Å². The highest BCUT2D eigenvalue weighted by molar-refractivity contribution is 5.84. The number of hydrogen-bond acceptors (Lipinski definition) is 4. The summed E-state index contributed by atoms with van der Waals surface area (Å²) in [4.78, 5) is 15.9. The van der Waals surface area contributed by atoms with Gasteiger partial charge < -0.3 is 24.2 Å². The molecule has 6 nitrogen and oxygen atoms in total. The van der Waals surface area contributed by atoms with E-state index in [0.29, 0.717) is 37.5 Å². The molecule has 0 fully saturated rings. The van der Waals surface area contributed by atoms with Crippen molar-refractivity contribution in [2.24, 2.45) is 0 Å². The number of amides is 1. The highest BCUT2D eigenvalue weighted by Crippen LogP contribution is 2.35. The number of carbonyl (C=O) groups excluding carboxylic acids is 1. The second-order valence-electron chi connectivity index (χ2n) is 7.57. The summed E-state index contributed by atoms with van der Waals surface area (Å²) < 4.78 is 16.6. The number of furan rings is 1. The minimum Gasteiger partial charge on any atom is -0.493 e. The molecule has 1 unspecified atom stereocenters. The van der Waals surface area contributed by atoms with Crippen LogP contribution in [0.3, 0.4) is 0 Å². The van der Waals surface area contributed by atoms with Gasteiger partial charge in [-0.05, 0) is 48.4 Å². The Morgan fingerprint density at radius 1 is 1.12 bits per heavy atom. The molecule has 2 N–H and O–H groups in total. The Bertz CT molecular complexity index is 1160. The second-order valence-corrected chi connectivity index (χ2v) is 7.57. The first-order valence-corrected chi connectivity index (χ1v) is 10.9. The first-order valence-electron chi connectivity index (χ1n) is 10.9. The van der Waals surface area contributed by atoms with Crippen LogP contribution in [-0.2, 0) is 11.2 Å². The van der Waals surface area contributed by atoms with Crippen molar-refractivity contribution in [3.8, 4) is 11.5 Å². The van der Waals surface area contributed by atoms with E-state index in [4.69, 9.17) is 13.9 Å². The number of ether oxygens (including phenoxy) is 2. The van der Waals surface area contributed by atoms with Crippen LogP contribution in [0.2, 0.25) is 0 Å². The number of para-hydroxylation sites is 1. The van der Waals surface area contributed by atoms with Crippen molar-refractivity contribution in [3.05, 3.63) is 83.9 Å². The average molecular weight is 433 g/mol. The monoisotopic (exact) mass is 432 g/mol. The van der Waals surface area contributed by atoms with E-state index >= 15 is 0 Å². The van der Waals surface area contributed by atoms with E-state index < -0.39 is 0 Å². The van der Waals surface area contributed by atoms with Gasteiger partial charge >= 0.3 is 0 Å². The fraction of sp³-hybridized carbons (Fsp3) is 0.269. The van der Waals surface area contributed by atoms with Gasteiger partial charge in [-0.25, -0.2) is 0 Å². The Morgan fingerprint density at radius 3 is 2.78 bits per heavy atom. The van der Waals surface area contributed by atoms with E-state index in [-0.39, 0.29) is 11.8 Å². The number of carbonyl (C=O) groups is 1. The summed E-state index contributed by atoms with van der Waals surface area (Å²) in [6.45, 7) is 2.98. The van der Waals surface area contributed by atoms with Crippen molar-refractivity contribution in [3.63, 3.8) is 0 Å². The molecule has 2 aromatic carbocycles. The molecule has 0 aliphatic carbocycles. The van der Waals surface area contributed by atoms with Crippen LogP contribution in [-0.4, -0.2) is 31.2 Å². The number of aromatic amines is 1. The van der Waals surface area contributed by atoms with Crippen molar-refractivity contribution in [1.82, 2.24) is 10.3 Å².